The molecule has 1 aliphatic rings. The summed E-state index contributed by atoms with van der Waals surface area (Å²) in [6.07, 6.45) is 6.87. The van der Waals surface area contributed by atoms with Crippen LogP contribution in [0.2, 0.25) is 0 Å². The maximum Gasteiger partial charge on any atom is -0.00746 e. The molecule has 1 unspecified atom stereocenters. The van der Waals surface area contributed by atoms with E-state index in [1.807, 2.05) is 0 Å². The molecule has 0 saturated heterocycles. The summed E-state index contributed by atoms with van der Waals surface area (Å²) in [5.74, 6) is 0.920. The summed E-state index contributed by atoms with van der Waals surface area (Å²) in [6.45, 7) is 5.64. The van der Waals surface area contributed by atoms with Crippen LogP contribution in [0.1, 0.15) is 46.0 Å². The molecule has 1 saturated carbocycles. The van der Waals surface area contributed by atoms with Crippen molar-refractivity contribution < 1.29 is 0 Å². The minimum Gasteiger partial charge on any atom is -0.330 e. The van der Waals surface area contributed by atoms with Crippen LogP contribution in [0.25, 0.3) is 0 Å². The van der Waals surface area contributed by atoms with E-state index in [0.29, 0.717) is 5.41 Å². The molecular formula is C10H21N. The second-order valence-corrected chi connectivity index (χ2v) is 4.70. The predicted molar refractivity (Wildman–Crippen MR) is 49.4 cm³/mol. The minimum absolute atomic E-state index is 0.595. The molecule has 0 spiro atoms. The van der Waals surface area contributed by atoms with Gasteiger partial charge in [-0.2, -0.15) is 0 Å². The van der Waals surface area contributed by atoms with E-state index in [0.717, 1.165) is 12.5 Å². The third-order valence-corrected chi connectivity index (χ3v) is 2.88. The van der Waals surface area contributed by atoms with Gasteiger partial charge in [0.15, 0.2) is 0 Å². The lowest BCUT2D eigenvalue weighted by atomic mass is 9.71. The fourth-order valence-corrected chi connectivity index (χ4v) is 2.34. The summed E-state index contributed by atoms with van der Waals surface area (Å²) in [5, 5.41) is 0. The largest absolute Gasteiger partial charge is 0.330 e. The molecule has 1 nitrogen and oxygen atoms in total. The summed E-state index contributed by atoms with van der Waals surface area (Å²) < 4.78 is 0. The van der Waals surface area contributed by atoms with Crippen molar-refractivity contribution >= 4 is 0 Å². The Hall–Kier alpha value is -0.0400. The Morgan fingerprint density at radius 1 is 1.45 bits per heavy atom. The molecule has 0 aromatic heterocycles. The second kappa shape index (κ2) is 3.57. The first-order chi connectivity index (χ1) is 5.14. The van der Waals surface area contributed by atoms with E-state index in [1.165, 1.54) is 32.1 Å². The summed E-state index contributed by atoms with van der Waals surface area (Å²) in [7, 11) is 0. The summed E-state index contributed by atoms with van der Waals surface area (Å²) in [6, 6.07) is 0. The van der Waals surface area contributed by atoms with Crippen molar-refractivity contribution in [3.63, 3.8) is 0 Å². The van der Waals surface area contributed by atoms with E-state index in [-0.39, 0.29) is 0 Å². The average molecular weight is 155 g/mol. The molecular weight excluding hydrogens is 134 g/mol. The third kappa shape index (κ3) is 2.82. The van der Waals surface area contributed by atoms with E-state index in [2.05, 4.69) is 13.8 Å². The second-order valence-electron chi connectivity index (χ2n) is 4.70. The van der Waals surface area contributed by atoms with Gasteiger partial charge >= 0.3 is 0 Å². The number of nitrogens with two attached hydrogens (primary N) is 1. The van der Waals surface area contributed by atoms with Crippen molar-refractivity contribution in [3.05, 3.63) is 0 Å². The predicted octanol–water partition coefficient (Wildman–Crippen LogP) is 2.55. The molecule has 2 N–H and O–H groups in total. The van der Waals surface area contributed by atoms with Gasteiger partial charge in [0.05, 0.1) is 0 Å². The van der Waals surface area contributed by atoms with E-state index < -0.39 is 0 Å². The smallest absolute Gasteiger partial charge is 0.00746 e. The van der Waals surface area contributed by atoms with Crippen LogP contribution in [0.15, 0.2) is 0 Å². The van der Waals surface area contributed by atoms with Crippen molar-refractivity contribution in [2.75, 3.05) is 6.54 Å². The first kappa shape index (κ1) is 9.05. The molecule has 1 fully saturated rings. The first-order valence-electron chi connectivity index (χ1n) is 4.84. The first-order valence-corrected chi connectivity index (χ1v) is 4.84. The summed E-state index contributed by atoms with van der Waals surface area (Å²) in [4.78, 5) is 0. The van der Waals surface area contributed by atoms with Gasteiger partial charge in [-0.25, -0.2) is 0 Å². The minimum atomic E-state index is 0.595. The van der Waals surface area contributed by atoms with Crippen LogP contribution in [-0.2, 0) is 0 Å². The van der Waals surface area contributed by atoms with Crippen LogP contribution in [0.3, 0.4) is 0 Å². The average Bonchev–Trinajstić information content (AvgIpc) is 1.85. The quantitative estimate of drug-likeness (QED) is 0.651. The van der Waals surface area contributed by atoms with Crippen LogP contribution in [0, 0.1) is 11.3 Å². The highest BCUT2D eigenvalue weighted by Crippen LogP contribution is 2.39. The zero-order chi connectivity index (χ0) is 8.32. The van der Waals surface area contributed by atoms with Crippen LogP contribution in [0.5, 0.6) is 0 Å². The van der Waals surface area contributed by atoms with Gasteiger partial charge in [0, 0.05) is 0 Å². The molecule has 0 amide bonds. The molecule has 0 aromatic rings. The zero-order valence-electron chi connectivity index (χ0n) is 7.90. The fraction of sp³-hybridized carbons (Fsp3) is 1.00. The Bertz CT molecular complexity index is 116. The Morgan fingerprint density at radius 3 is 2.73 bits per heavy atom. The Morgan fingerprint density at radius 2 is 2.18 bits per heavy atom. The van der Waals surface area contributed by atoms with E-state index in [1.54, 1.807) is 0 Å². The van der Waals surface area contributed by atoms with Gasteiger partial charge in [-0.1, -0.05) is 26.7 Å². The van der Waals surface area contributed by atoms with E-state index in [4.69, 9.17) is 5.73 Å². The Labute approximate surface area is 70.4 Å². The van der Waals surface area contributed by atoms with Gasteiger partial charge in [-0.3, -0.25) is 0 Å². The van der Waals surface area contributed by atoms with Crippen molar-refractivity contribution in [2.24, 2.45) is 17.1 Å². The van der Waals surface area contributed by atoms with E-state index in [9.17, 15) is 0 Å². The van der Waals surface area contributed by atoms with Crippen LogP contribution < -0.4 is 5.73 Å². The molecule has 1 atom stereocenters. The fourth-order valence-electron chi connectivity index (χ4n) is 2.34. The van der Waals surface area contributed by atoms with Gasteiger partial charge in [0.1, 0.15) is 0 Å². The van der Waals surface area contributed by atoms with Gasteiger partial charge in [-0.05, 0) is 37.1 Å². The monoisotopic (exact) mass is 155 g/mol. The third-order valence-electron chi connectivity index (χ3n) is 2.88. The van der Waals surface area contributed by atoms with Crippen molar-refractivity contribution in [2.45, 2.75) is 46.0 Å². The van der Waals surface area contributed by atoms with Gasteiger partial charge in [-0.15, -0.1) is 0 Å². The molecule has 11 heavy (non-hydrogen) atoms. The van der Waals surface area contributed by atoms with E-state index >= 15 is 0 Å². The topological polar surface area (TPSA) is 26.0 Å². The molecule has 1 heteroatoms. The zero-order valence-corrected chi connectivity index (χ0v) is 7.90. The van der Waals surface area contributed by atoms with Crippen molar-refractivity contribution in [3.8, 4) is 0 Å². The van der Waals surface area contributed by atoms with Crippen LogP contribution in [-0.4, -0.2) is 6.54 Å². The summed E-state index contributed by atoms with van der Waals surface area (Å²) in [5.41, 5.74) is 6.14. The van der Waals surface area contributed by atoms with Gasteiger partial charge < -0.3 is 5.73 Å². The lowest BCUT2D eigenvalue weighted by molar-refractivity contribution is 0.175. The number of hydrogen-bond donors (Lipinski definition) is 1. The molecule has 1 rings (SSSR count). The lowest BCUT2D eigenvalue weighted by Crippen LogP contribution is -2.24. The SMILES string of the molecule is CC1(C)CCCC(CCN)C1. The number of rotatable bonds is 2. The van der Waals surface area contributed by atoms with Gasteiger partial charge in [0.2, 0.25) is 0 Å². The number of hydrogen-bond acceptors (Lipinski definition) is 1. The lowest BCUT2D eigenvalue weighted by Gasteiger charge is -2.35. The van der Waals surface area contributed by atoms with Crippen molar-refractivity contribution in [1.29, 1.82) is 0 Å². The molecule has 66 valence electrons. The molecule has 0 radical (unpaired) electrons. The molecule has 0 aromatic carbocycles. The van der Waals surface area contributed by atoms with Crippen LogP contribution >= 0.6 is 0 Å². The molecule has 1 aliphatic carbocycles. The summed E-state index contributed by atoms with van der Waals surface area (Å²) >= 11 is 0. The van der Waals surface area contributed by atoms with Gasteiger partial charge in [0.25, 0.3) is 0 Å². The Kier molecular flexibility index (Phi) is 2.94. The maximum absolute atomic E-state index is 5.55. The molecule has 0 bridgehead atoms. The Balaban J connectivity index is 2.34. The van der Waals surface area contributed by atoms with Crippen LogP contribution in [0.4, 0.5) is 0 Å². The van der Waals surface area contributed by atoms with Crippen molar-refractivity contribution in [1.82, 2.24) is 0 Å². The standard InChI is InChI=1S/C10H21N/c1-10(2)6-3-4-9(8-10)5-7-11/h9H,3-8,11H2,1-2H3. The highest BCUT2D eigenvalue weighted by molar-refractivity contribution is 4.79. The molecule has 0 heterocycles. The normalized spacial score (nSPS) is 30.3. The highest BCUT2D eigenvalue weighted by Gasteiger charge is 2.26. The maximum atomic E-state index is 5.55. The molecule has 0 aliphatic heterocycles. The highest BCUT2D eigenvalue weighted by atomic mass is 14.5.